The van der Waals surface area contributed by atoms with E-state index in [2.05, 4.69) is 38.2 Å². The zero-order valence-corrected chi connectivity index (χ0v) is 9.76. The van der Waals surface area contributed by atoms with E-state index in [0.717, 1.165) is 25.1 Å². The predicted octanol–water partition coefficient (Wildman–Crippen LogP) is 2.56. The Bertz CT molecular complexity index is 360. The van der Waals surface area contributed by atoms with Crippen LogP contribution < -0.4 is 10.1 Å². The van der Waals surface area contributed by atoms with E-state index in [9.17, 15) is 0 Å². The lowest BCUT2D eigenvalue weighted by molar-refractivity contribution is 0.140. The van der Waals surface area contributed by atoms with Crippen molar-refractivity contribution < 1.29 is 4.74 Å². The molecule has 0 spiro atoms. The van der Waals surface area contributed by atoms with Crippen LogP contribution in [0.4, 0.5) is 0 Å². The van der Waals surface area contributed by atoms with Gasteiger partial charge in [0.25, 0.3) is 0 Å². The van der Waals surface area contributed by atoms with Crippen LogP contribution in [-0.2, 0) is 6.42 Å². The second-order valence-corrected chi connectivity index (χ2v) is 4.25. The second-order valence-electron chi connectivity index (χ2n) is 4.25. The molecule has 0 aromatic heterocycles. The molecule has 0 fully saturated rings. The average Bonchev–Trinajstić information content (AvgIpc) is 2.21. The molecule has 1 atom stereocenters. The van der Waals surface area contributed by atoms with Crippen molar-refractivity contribution in [1.29, 1.82) is 0 Å². The summed E-state index contributed by atoms with van der Waals surface area (Å²) in [5.74, 6) is 1.07. The summed E-state index contributed by atoms with van der Waals surface area (Å²) in [6.45, 7) is 7.37. The van der Waals surface area contributed by atoms with Crippen LogP contribution in [-0.4, -0.2) is 12.8 Å². The molecule has 0 aliphatic carbocycles. The molecule has 1 aliphatic heterocycles. The first-order valence-electron chi connectivity index (χ1n) is 5.71. The van der Waals surface area contributed by atoms with Crippen molar-refractivity contribution in [2.24, 2.45) is 0 Å². The van der Waals surface area contributed by atoms with Crippen molar-refractivity contribution in [2.75, 3.05) is 6.54 Å². The zero-order chi connectivity index (χ0) is 10.8. The van der Waals surface area contributed by atoms with Crippen LogP contribution in [0.2, 0.25) is 0 Å². The summed E-state index contributed by atoms with van der Waals surface area (Å²) in [6.07, 6.45) is 2.39. The Kier molecular flexibility index (Phi) is 2.96. The first-order valence-corrected chi connectivity index (χ1v) is 5.71. The van der Waals surface area contributed by atoms with E-state index in [1.54, 1.807) is 0 Å². The van der Waals surface area contributed by atoms with Gasteiger partial charge in [-0.05, 0) is 49.6 Å². The summed E-state index contributed by atoms with van der Waals surface area (Å²) < 4.78 is 5.90. The van der Waals surface area contributed by atoms with Crippen LogP contribution in [0.1, 0.15) is 30.0 Å². The highest BCUT2D eigenvalue weighted by Gasteiger charge is 2.19. The van der Waals surface area contributed by atoms with Gasteiger partial charge in [-0.25, -0.2) is 0 Å². The molecular weight excluding hydrogens is 186 g/mol. The molecule has 0 saturated heterocycles. The molecule has 1 aromatic carbocycles. The van der Waals surface area contributed by atoms with E-state index in [1.165, 1.54) is 16.7 Å². The summed E-state index contributed by atoms with van der Waals surface area (Å²) in [5.41, 5.74) is 4.03. The maximum atomic E-state index is 5.90. The Morgan fingerprint density at radius 1 is 1.33 bits per heavy atom. The van der Waals surface area contributed by atoms with Crippen LogP contribution >= 0.6 is 0 Å². The fraction of sp³-hybridized carbons (Fsp3) is 0.538. The van der Waals surface area contributed by atoms with Crippen molar-refractivity contribution in [1.82, 2.24) is 5.32 Å². The number of ether oxygens (including phenoxy) is 1. The van der Waals surface area contributed by atoms with E-state index < -0.39 is 0 Å². The number of fused-ring (bicyclic) bond motifs is 1. The standard InChI is InChI=1S/C13H19NO/c1-4-14-13-6-5-11-7-9(2)10(3)8-12(11)15-13/h7-8,13-14H,4-6H2,1-3H3. The number of aryl methyl sites for hydroxylation is 3. The third kappa shape index (κ3) is 2.15. The second kappa shape index (κ2) is 4.23. The van der Waals surface area contributed by atoms with Gasteiger partial charge in [0.15, 0.2) is 6.23 Å². The van der Waals surface area contributed by atoms with Crippen LogP contribution in [0.25, 0.3) is 0 Å². The number of rotatable bonds is 2. The molecule has 0 radical (unpaired) electrons. The van der Waals surface area contributed by atoms with Crippen LogP contribution in [0.3, 0.4) is 0 Å². The van der Waals surface area contributed by atoms with Gasteiger partial charge in [0.05, 0.1) is 0 Å². The molecule has 2 rings (SSSR count). The van der Waals surface area contributed by atoms with Crippen LogP contribution in [0.5, 0.6) is 5.75 Å². The van der Waals surface area contributed by atoms with Crippen LogP contribution in [0, 0.1) is 13.8 Å². The summed E-state index contributed by atoms with van der Waals surface area (Å²) in [4.78, 5) is 0. The molecule has 0 amide bonds. The van der Waals surface area contributed by atoms with Crippen molar-refractivity contribution in [3.8, 4) is 5.75 Å². The van der Waals surface area contributed by atoms with E-state index in [1.807, 2.05) is 0 Å². The normalized spacial score (nSPS) is 19.5. The van der Waals surface area contributed by atoms with Gasteiger partial charge in [0.2, 0.25) is 0 Å². The fourth-order valence-electron chi connectivity index (χ4n) is 2.02. The minimum Gasteiger partial charge on any atom is -0.475 e. The Morgan fingerprint density at radius 3 is 2.80 bits per heavy atom. The first kappa shape index (κ1) is 10.5. The van der Waals surface area contributed by atoms with Gasteiger partial charge in [-0.15, -0.1) is 0 Å². The lowest BCUT2D eigenvalue weighted by atomic mass is 9.99. The maximum Gasteiger partial charge on any atom is 0.150 e. The lowest BCUT2D eigenvalue weighted by Crippen LogP contribution is -2.37. The molecule has 15 heavy (non-hydrogen) atoms. The van der Waals surface area contributed by atoms with Crippen LogP contribution in [0.15, 0.2) is 12.1 Å². The highest BCUT2D eigenvalue weighted by atomic mass is 16.5. The Hall–Kier alpha value is -1.02. The largest absolute Gasteiger partial charge is 0.475 e. The molecule has 1 N–H and O–H groups in total. The fourth-order valence-corrected chi connectivity index (χ4v) is 2.02. The number of hydrogen-bond donors (Lipinski definition) is 1. The minimum atomic E-state index is 0.199. The van der Waals surface area contributed by atoms with Crippen molar-refractivity contribution >= 4 is 0 Å². The highest BCUT2D eigenvalue weighted by Crippen LogP contribution is 2.29. The number of nitrogens with one attached hydrogen (secondary N) is 1. The Balaban J connectivity index is 2.22. The monoisotopic (exact) mass is 205 g/mol. The van der Waals surface area contributed by atoms with Crippen molar-refractivity contribution in [3.63, 3.8) is 0 Å². The molecule has 2 nitrogen and oxygen atoms in total. The molecule has 1 aliphatic rings. The smallest absolute Gasteiger partial charge is 0.150 e. The Labute approximate surface area is 91.6 Å². The highest BCUT2D eigenvalue weighted by molar-refractivity contribution is 5.42. The van der Waals surface area contributed by atoms with E-state index in [4.69, 9.17) is 4.74 Å². The van der Waals surface area contributed by atoms with Gasteiger partial charge in [-0.1, -0.05) is 13.0 Å². The summed E-state index contributed by atoms with van der Waals surface area (Å²) in [7, 11) is 0. The topological polar surface area (TPSA) is 21.3 Å². The van der Waals surface area contributed by atoms with E-state index in [-0.39, 0.29) is 6.23 Å². The first-order chi connectivity index (χ1) is 7.20. The minimum absolute atomic E-state index is 0.199. The van der Waals surface area contributed by atoms with E-state index in [0.29, 0.717) is 0 Å². The molecule has 2 heteroatoms. The maximum absolute atomic E-state index is 5.90. The van der Waals surface area contributed by atoms with Gasteiger partial charge in [-0.2, -0.15) is 0 Å². The third-order valence-electron chi connectivity index (χ3n) is 3.05. The summed E-state index contributed by atoms with van der Waals surface area (Å²) >= 11 is 0. The van der Waals surface area contributed by atoms with Crippen molar-refractivity contribution in [2.45, 2.75) is 39.8 Å². The molecule has 1 aromatic rings. The molecular formula is C13H19NO. The lowest BCUT2D eigenvalue weighted by Gasteiger charge is -2.27. The average molecular weight is 205 g/mol. The molecule has 82 valence electrons. The van der Waals surface area contributed by atoms with Gasteiger partial charge >= 0.3 is 0 Å². The SMILES string of the molecule is CCNC1CCc2cc(C)c(C)cc2O1. The number of benzene rings is 1. The molecule has 1 unspecified atom stereocenters. The molecule has 1 heterocycles. The van der Waals surface area contributed by atoms with E-state index >= 15 is 0 Å². The third-order valence-corrected chi connectivity index (χ3v) is 3.05. The van der Waals surface area contributed by atoms with Crippen molar-refractivity contribution in [3.05, 3.63) is 28.8 Å². The number of hydrogen-bond acceptors (Lipinski definition) is 2. The van der Waals surface area contributed by atoms with Gasteiger partial charge in [0.1, 0.15) is 5.75 Å². The van der Waals surface area contributed by atoms with Gasteiger partial charge in [0, 0.05) is 6.42 Å². The quantitative estimate of drug-likeness (QED) is 0.801. The predicted molar refractivity (Wildman–Crippen MR) is 62.3 cm³/mol. The molecule has 0 saturated carbocycles. The summed E-state index contributed by atoms with van der Waals surface area (Å²) in [5, 5.41) is 3.34. The zero-order valence-electron chi connectivity index (χ0n) is 9.76. The molecule has 0 bridgehead atoms. The van der Waals surface area contributed by atoms with Gasteiger partial charge in [-0.3, -0.25) is 5.32 Å². The van der Waals surface area contributed by atoms with Gasteiger partial charge < -0.3 is 4.74 Å². The Morgan fingerprint density at radius 2 is 2.07 bits per heavy atom. The summed E-state index contributed by atoms with van der Waals surface area (Å²) in [6, 6.07) is 4.42.